The van der Waals surface area contributed by atoms with Crippen LogP contribution in [0, 0.1) is 0 Å². The van der Waals surface area contributed by atoms with E-state index in [2.05, 4.69) is 21.1 Å². The maximum Gasteiger partial charge on any atom is 0.428 e. The van der Waals surface area contributed by atoms with Gasteiger partial charge in [0.2, 0.25) is 5.60 Å². The smallest absolute Gasteiger partial charge is 0.327 e. The molecule has 0 radical (unpaired) electrons. The second-order valence-electron chi connectivity index (χ2n) is 8.06. The van der Waals surface area contributed by atoms with Crippen LogP contribution in [0.15, 0.2) is 73.1 Å². The number of rotatable bonds is 6. The number of carbonyl (C=O) groups excluding carboxylic acids is 1. The maximum absolute atomic E-state index is 14.4. The fourth-order valence-corrected chi connectivity index (χ4v) is 4.21. The third-order valence-corrected chi connectivity index (χ3v) is 5.91. The van der Waals surface area contributed by atoms with Crippen molar-refractivity contribution >= 4 is 34.0 Å². The van der Waals surface area contributed by atoms with Crippen LogP contribution in [-0.2, 0) is 21.5 Å². The molecule has 1 heterocycles. The zero-order valence-electron chi connectivity index (χ0n) is 19.3. The van der Waals surface area contributed by atoms with Gasteiger partial charge in [-0.15, -0.1) is 0 Å². The van der Waals surface area contributed by atoms with Crippen LogP contribution >= 0.6 is 11.6 Å². The molecule has 1 amide bonds. The fraction of sp³-hybridized carbons (Fsp3) is 0.160. The van der Waals surface area contributed by atoms with Crippen molar-refractivity contribution < 1.29 is 40.8 Å². The average Bonchev–Trinajstić information content (AvgIpc) is 3.32. The van der Waals surface area contributed by atoms with Crippen LogP contribution < -0.4 is 16.3 Å². The summed E-state index contributed by atoms with van der Waals surface area (Å²) in [6, 6.07) is 10.9. The Kier molecular flexibility index (Phi) is 7.33. The van der Waals surface area contributed by atoms with Crippen molar-refractivity contribution in [3.63, 3.8) is 0 Å². The van der Waals surface area contributed by atoms with E-state index in [-0.39, 0.29) is 16.8 Å². The Morgan fingerprint density at radius 2 is 1.74 bits per heavy atom. The Balaban J connectivity index is 1.82. The van der Waals surface area contributed by atoms with Gasteiger partial charge in [0.15, 0.2) is 0 Å². The topological polar surface area (TPSA) is 71.6 Å². The Hall–Kier alpha value is -3.74. The van der Waals surface area contributed by atoms with Crippen molar-refractivity contribution in [2.24, 2.45) is 0 Å². The summed E-state index contributed by atoms with van der Waals surface area (Å²) in [4.78, 5) is 22.3. The van der Waals surface area contributed by atoms with Crippen molar-refractivity contribution in [3.8, 4) is 0 Å². The summed E-state index contributed by atoms with van der Waals surface area (Å²) in [5, 5.41) is 2.78. The van der Waals surface area contributed by atoms with E-state index in [1.165, 1.54) is 31.6 Å². The maximum atomic E-state index is 14.4. The fourth-order valence-electron chi connectivity index (χ4n) is 3.97. The van der Waals surface area contributed by atoms with E-state index in [0.717, 1.165) is 6.07 Å². The summed E-state index contributed by atoms with van der Waals surface area (Å²) in [6.07, 6.45) is -6.84. The first-order valence-electron chi connectivity index (χ1n) is 10.8. The summed E-state index contributed by atoms with van der Waals surface area (Å²) in [6.45, 7) is 0. The molecule has 1 aliphatic rings. The second kappa shape index (κ2) is 10.2. The van der Waals surface area contributed by atoms with Gasteiger partial charge in [-0.25, -0.2) is 0 Å². The molecule has 0 spiro atoms. The van der Waals surface area contributed by atoms with Crippen LogP contribution in [-0.4, -0.2) is 19.2 Å². The van der Waals surface area contributed by atoms with Crippen molar-refractivity contribution in [2.45, 2.75) is 18.0 Å². The molecular formula is C25H18ClF6N3O3. The van der Waals surface area contributed by atoms with Crippen LogP contribution in [0.2, 0.25) is 5.02 Å². The van der Waals surface area contributed by atoms with Crippen molar-refractivity contribution in [2.75, 3.05) is 7.11 Å². The second-order valence-corrected chi connectivity index (χ2v) is 8.49. The third-order valence-electron chi connectivity index (χ3n) is 5.69. The van der Waals surface area contributed by atoms with Crippen LogP contribution in [0.25, 0.3) is 16.5 Å². The quantitative estimate of drug-likeness (QED) is 0.249. The minimum Gasteiger partial charge on any atom is -0.327 e. The number of halogens is 7. The number of hydrogen-bond donors (Lipinski definition) is 3. The van der Waals surface area contributed by atoms with E-state index >= 15 is 0 Å². The molecule has 0 aliphatic carbocycles. The van der Waals surface area contributed by atoms with Crippen LogP contribution in [0.5, 0.6) is 0 Å². The zero-order valence-corrected chi connectivity index (χ0v) is 20.1. The number of carbonyl (C=O) groups is 1. The first-order chi connectivity index (χ1) is 17.9. The predicted octanol–water partition coefficient (Wildman–Crippen LogP) is 6.20. The van der Waals surface area contributed by atoms with Gasteiger partial charge in [-0.05, 0) is 41.1 Å². The number of fused-ring (bicyclic) bond motifs is 1. The molecule has 1 atom stereocenters. The summed E-state index contributed by atoms with van der Waals surface area (Å²) in [5.41, 5.74) is -0.594. The van der Waals surface area contributed by atoms with Gasteiger partial charge in [-0.2, -0.15) is 26.3 Å². The normalized spacial score (nSPS) is 17.9. The highest BCUT2D eigenvalue weighted by Crippen LogP contribution is 2.49. The molecular weight excluding hydrogens is 540 g/mol. The lowest BCUT2D eigenvalue weighted by Gasteiger charge is -2.29. The predicted molar refractivity (Wildman–Crippen MR) is 127 cm³/mol. The average molecular weight is 558 g/mol. The Morgan fingerprint density at radius 1 is 1.03 bits per heavy atom. The minimum atomic E-state index is -5.17. The largest absolute Gasteiger partial charge is 0.428 e. The van der Waals surface area contributed by atoms with Gasteiger partial charge in [0, 0.05) is 34.1 Å². The number of hydrogen-bond acceptors (Lipinski definition) is 5. The van der Waals surface area contributed by atoms with E-state index in [4.69, 9.17) is 16.4 Å². The molecule has 13 heteroatoms. The molecule has 3 N–H and O–H groups in total. The Morgan fingerprint density at radius 3 is 2.39 bits per heavy atom. The molecule has 0 fully saturated rings. The lowest BCUT2D eigenvalue weighted by atomic mass is 9.89. The summed E-state index contributed by atoms with van der Waals surface area (Å²) >= 11 is 5.76. The van der Waals surface area contributed by atoms with Gasteiger partial charge in [0.1, 0.15) is 0 Å². The Bertz CT molecular complexity index is 1440. The van der Waals surface area contributed by atoms with Gasteiger partial charge < -0.3 is 5.32 Å². The standard InChI is InChI=1S/C25H18ClF6N3O3/c1-37-34-9-8-33-22(36)20-7-6-19(17-4-2-3-5-18(17)20)21-13-23(38-35-21,25(30,31)32)14-10-15(24(27,28)29)12-16(26)11-14/h2-13,34-35H,1H3,(H,33,36). The van der Waals surface area contributed by atoms with Gasteiger partial charge in [0.25, 0.3) is 5.91 Å². The molecule has 1 aliphatic heterocycles. The molecule has 3 aromatic carbocycles. The minimum absolute atomic E-state index is 0.164. The zero-order chi connectivity index (χ0) is 27.7. The molecule has 6 nitrogen and oxygen atoms in total. The van der Waals surface area contributed by atoms with Crippen LogP contribution in [0.3, 0.4) is 0 Å². The number of hydroxylamine groups is 2. The highest BCUT2D eigenvalue weighted by Gasteiger charge is 2.60. The molecule has 200 valence electrons. The van der Waals surface area contributed by atoms with Crippen LogP contribution in [0.1, 0.15) is 27.0 Å². The number of amides is 1. The summed E-state index contributed by atoms with van der Waals surface area (Å²) in [7, 11) is 1.38. The lowest BCUT2D eigenvalue weighted by Crippen LogP contribution is -2.42. The van der Waals surface area contributed by atoms with E-state index in [9.17, 15) is 31.1 Å². The third kappa shape index (κ3) is 5.15. The number of alkyl halides is 6. The van der Waals surface area contributed by atoms with E-state index in [0.29, 0.717) is 29.0 Å². The first kappa shape index (κ1) is 27.3. The van der Waals surface area contributed by atoms with Gasteiger partial charge >= 0.3 is 12.4 Å². The summed E-state index contributed by atoms with van der Waals surface area (Å²) in [5.74, 6) is -0.505. The highest BCUT2D eigenvalue weighted by atomic mass is 35.5. The van der Waals surface area contributed by atoms with E-state index in [1.807, 2.05) is 0 Å². The number of nitrogens with one attached hydrogen (secondary N) is 3. The molecule has 1 unspecified atom stereocenters. The first-order valence-corrected chi connectivity index (χ1v) is 11.1. The van der Waals surface area contributed by atoms with Crippen molar-refractivity contribution in [1.82, 2.24) is 16.3 Å². The molecule has 3 aromatic rings. The highest BCUT2D eigenvalue weighted by molar-refractivity contribution is 6.30. The SMILES string of the molecule is CONC=CNC(=O)c1ccc(C2=CC(c3cc(Cl)cc(C(F)(F)F)c3)(C(F)(F)F)ON2)c2ccccc12. The van der Waals surface area contributed by atoms with Gasteiger partial charge in [-0.1, -0.05) is 41.9 Å². The van der Waals surface area contributed by atoms with Gasteiger partial charge in [0.05, 0.1) is 18.4 Å². The van der Waals surface area contributed by atoms with Crippen molar-refractivity contribution in [1.29, 1.82) is 0 Å². The molecule has 0 aromatic heterocycles. The van der Waals surface area contributed by atoms with Crippen LogP contribution in [0.4, 0.5) is 26.3 Å². The molecule has 38 heavy (non-hydrogen) atoms. The van der Waals surface area contributed by atoms with Crippen molar-refractivity contribution in [3.05, 3.63) is 100 Å². The van der Waals surface area contributed by atoms with E-state index < -0.39 is 40.0 Å². The van der Waals surface area contributed by atoms with Gasteiger partial charge in [-0.3, -0.25) is 25.4 Å². The molecule has 4 rings (SSSR count). The molecule has 0 saturated heterocycles. The monoisotopic (exact) mass is 557 g/mol. The molecule has 0 bridgehead atoms. The Labute approximate surface area is 216 Å². The van der Waals surface area contributed by atoms with E-state index in [1.54, 1.807) is 24.3 Å². The summed E-state index contributed by atoms with van der Waals surface area (Å²) < 4.78 is 83.2. The molecule has 0 saturated carbocycles. The number of benzene rings is 3. The lowest BCUT2D eigenvalue weighted by molar-refractivity contribution is -0.269.